The van der Waals surface area contributed by atoms with E-state index >= 15 is 0 Å². The fourth-order valence-electron chi connectivity index (χ4n) is 1.20. The van der Waals surface area contributed by atoms with Gasteiger partial charge in [0, 0.05) is 6.07 Å². The first-order valence-electron chi connectivity index (χ1n) is 4.55. The Bertz CT molecular complexity index is 453. The average Bonchev–Trinajstić information content (AvgIpc) is 2.63. The summed E-state index contributed by atoms with van der Waals surface area (Å²) in [6.45, 7) is 2.31. The Labute approximate surface area is 102 Å². The highest BCUT2D eigenvalue weighted by Crippen LogP contribution is 2.20. The maximum atomic E-state index is 5.61. The Morgan fingerprint density at radius 1 is 1.40 bits per heavy atom. The van der Waals surface area contributed by atoms with Crippen molar-refractivity contribution in [1.29, 1.82) is 0 Å². The lowest BCUT2D eigenvalue weighted by Gasteiger charge is -2.05. The normalized spacial score (nSPS) is 10.3. The SMILES string of the molecule is Cc1cc(COc2ccccc2I)no1. The zero-order valence-corrected chi connectivity index (χ0v) is 10.4. The van der Waals surface area contributed by atoms with Crippen molar-refractivity contribution >= 4 is 22.6 Å². The minimum atomic E-state index is 0.442. The van der Waals surface area contributed by atoms with Crippen LogP contribution in [0.3, 0.4) is 0 Å². The van der Waals surface area contributed by atoms with E-state index in [1.807, 2.05) is 37.3 Å². The molecule has 1 aromatic carbocycles. The first-order chi connectivity index (χ1) is 7.25. The summed E-state index contributed by atoms with van der Waals surface area (Å²) < 4.78 is 11.7. The van der Waals surface area contributed by atoms with Crippen molar-refractivity contribution in [2.24, 2.45) is 0 Å². The fraction of sp³-hybridized carbons (Fsp3) is 0.182. The average molecular weight is 315 g/mol. The number of ether oxygens (including phenoxy) is 1. The number of aryl methyl sites for hydroxylation is 1. The number of halogens is 1. The minimum absolute atomic E-state index is 0.442. The van der Waals surface area contributed by atoms with Crippen LogP contribution < -0.4 is 4.74 Å². The lowest BCUT2D eigenvalue weighted by Crippen LogP contribution is -1.96. The van der Waals surface area contributed by atoms with Crippen molar-refractivity contribution in [1.82, 2.24) is 5.16 Å². The van der Waals surface area contributed by atoms with Gasteiger partial charge in [0.05, 0.1) is 3.57 Å². The maximum absolute atomic E-state index is 5.61. The van der Waals surface area contributed by atoms with Crippen molar-refractivity contribution in [3.8, 4) is 5.75 Å². The Kier molecular flexibility index (Phi) is 3.25. The molecule has 2 aromatic rings. The summed E-state index contributed by atoms with van der Waals surface area (Å²) in [5, 5.41) is 3.86. The van der Waals surface area contributed by atoms with Crippen LogP contribution in [0.2, 0.25) is 0 Å². The van der Waals surface area contributed by atoms with Crippen LogP contribution in [-0.4, -0.2) is 5.16 Å². The third-order valence-corrected chi connectivity index (χ3v) is 2.78. The second-order valence-electron chi connectivity index (χ2n) is 3.15. The molecule has 0 atom stereocenters. The molecule has 0 radical (unpaired) electrons. The second-order valence-corrected chi connectivity index (χ2v) is 4.31. The number of aromatic nitrogens is 1. The largest absolute Gasteiger partial charge is 0.486 e. The molecule has 0 aliphatic heterocycles. The van der Waals surface area contributed by atoms with E-state index in [-0.39, 0.29) is 0 Å². The third kappa shape index (κ3) is 2.71. The molecule has 0 spiro atoms. The molecule has 0 N–H and O–H groups in total. The summed E-state index contributed by atoms with van der Waals surface area (Å²) in [5.74, 6) is 1.68. The van der Waals surface area contributed by atoms with Gasteiger partial charge in [-0.25, -0.2) is 0 Å². The zero-order valence-electron chi connectivity index (χ0n) is 8.24. The van der Waals surface area contributed by atoms with E-state index in [4.69, 9.17) is 9.26 Å². The molecule has 0 bridgehead atoms. The van der Waals surface area contributed by atoms with Gasteiger partial charge in [-0.2, -0.15) is 0 Å². The minimum Gasteiger partial charge on any atom is -0.486 e. The van der Waals surface area contributed by atoms with Gasteiger partial charge in [0.1, 0.15) is 23.8 Å². The molecule has 0 fully saturated rings. The van der Waals surface area contributed by atoms with Gasteiger partial charge in [-0.15, -0.1) is 0 Å². The molecular formula is C11H10INO2. The first kappa shape index (κ1) is 10.5. The quantitative estimate of drug-likeness (QED) is 0.816. The molecule has 0 aliphatic carbocycles. The number of hydrogen-bond donors (Lipinski definition) is 0. The van der Waals surface area contributed by atoms with E-state index in [0.717, 1.165) is 20.8 Å². The van der Waals surface area contributed by atoms with Crippen LogP contribution in [0, 0.1) is 10.5 Å². The van der Waals surface area contributed by atoms with Gasteiger partial charge in [0.15, 0.2) is 0 Å². The van der Waals surface area contributed by atoms with Gasteiger partial charge < -0.3 is 9.26 Å². The second kappa shape index (κ2) is 4.65. The number of para-hydroxylation sites is 1. The molecular weight excluding hydrogens is 305 g/mol. The standard InChI is InChI=1S/C11H10INO2/c1-8-6-9(13-15-8)7-14-11-5-3-2-4-10(11)12/h2-6H,7H2,1H3. The predicted molar refractivity (Wildman–Crippen MR) is 64.7 cm³/mol. The van der Waals surface area contributed by atoms with Crippen molar-refractivity contribution < 1.29 is 9.26 Å². The molecule has 3 nitrogen and oxygen atoms in total. The summed E-state index contributed by atoms with van der Waals surface area (Å²) in [7, 11) is 0. The van der Waals surface area contributed by atoms with Crippen LogP contribution in [0.1, 0.15) is 11.5 Å². The highest BCUT2D eigenvalue weighted by atomic mass is 127. The fourth-order valence-corrected chi connectivity index (χ4v) is 1.74. The number of rotatable bonds is 3. The summed E-state index contributed by atoms with van der Waals surface area (Å²) in [5.41, 5.74) is 0.812. The maximum Gasteiger partial charge on any atom is 0.134 e. The van der Waals surface area contributed by atoms with E-state index in [1.165, 1.54) is 0 Å². The molecule has 0 saturated carbocycles. The Balaban J connectivity index is 2.02. The molecule has 0 aliphatic rings. The number of hydrogen-bond acceptors (Lipinski definition) is 3. The van der Waals surface area contributed by atoms with Crippen LogP contribution in [0.25, 0.3) is 0 Å². The third-order valence-electron chi connectivity index (χ3n) is 1.89. The van der Waals surface area contributed by atoms with Crippen molar-refractivity contribution in [2.45, 2.75) is 13.5 Å². The summed E-state index contributed by atoms with van der Waals surface area (Å²) >= 11 is 2.24. The van der Waals surface area contributed by atoms with E-state index in [1.54, 1.807) is 0 Å². The monoisotopic (exact) mass is 315 g/mol. The molecule has 78 valence electrons. The topological polar surface area (TPSA) is 35.3 Å². The predicted octanol–water partition coefficient (Wildman–Crippen LogP) is 3.17. The van der Waals surface area contributed by atoms with Crippen LogP contribution in [-0.2, 0) is 6.61 Å². The molecule has 4 heteroatoms. The molecule has 1 heterocycles. The van der Waals surface area contributed by atoms with Crippen molar-refractivity contribution in [3.05, 3.63) is 45.4 Å². The summed E-state index contributed by atoms with van der Waals surface area (Å²) in [4.78, 5) is 0. The zero-order chi connectivity index (χ0) is 10.7. The Morgan fingerprint density at radius 2 is 2.20 bits per heavy atom. The molecule has 0 amide bonds. The van der Waals surface area contributed by atoms with Gasteiger partial charge in [-0.3, -0.25) is 0 Å². The van der Waals surface area contributed by atoms with Crippen LogP contribution >= 0.6 is 22.6 Å². The van der Waals surface area contributed by atoms with Crippen LogP contribution in [0.15, 0.2) is 34.9 Å². The van der Waals surface area contributed by atoms with E-state index < -0.39 is 0 Å². The summed E-state index contributed by atoms with van der Waals surface area (Å²) in [6, 6.07) is 9.74. The summed E-state index contributed by atoms with van der Waals surface area (Å²) in [6.07, 6.45) is 0. The molecule has 15 heavy (non-hydrogen) atoms. The van der Waals surface area contributed by atoms with Crippen molar-refractivity contribution in [3.63, 3.8) is 0 Å². The van der Waals surface area contributed by atoms with Gasteiger partial charge >= 0.3 is 0 Å². The molecule has 2 rings (SSSR count). The first-order valence-corrected chi connectivity index (χ1v) is 5.63. The Hall–Kier alpha value is -1.04. The highest BCUT2D eigenvalue weighted by Gasteiger charge is 2.03. The van der Waals surface area contributed by atoms with Crippen LogP contribution in [0.4, 0.5) is 0 Å². The lowest BCUT2D eigenvalue weighted by molar-refractivity contribution is 0.286. The molecule has 0 saturated heterocycles. The van der Waals surface area contributed by atoms with Gasteiger partial charge in [0.25, 0.3) is 0 Å². The van der Waals surface area contributed by atoms with E-state index in [9.17, 15) is 0 Å². The van der Waals surface area contributed by atoms with Crippen LogP contribution in [0.5, 0.6) is 5.75 Å². The Morgan fingerprint density at radius 3 is 2.87 bits per heavy atom. The van der Waals surface area contributed by atoms with Gasteiger partial charge in [0.2, 0.25) is 0 Å². The van der Waals surface area contributed by atoms with Crippen molar-refractivity contribution in [2.75, 3.05) is 0 Å². The van der Waals surface area contributed by atoms with E-state index in [0.29, 0.717) is 6.61 Å². The highest BCUT2D eigenvalue weighted by molar-refractivity contribution is 14.1. The van der Waals surface area contributed by atoms with Gasteiger partial charge in [-0.1, -0.05) is 17.3 Å². The lowest BCUT2D eigenvalue weighted by atomic mass is 10.3. The van der Waals surface area contributed by atoms with Gasteiger partial charge in [-0.05, 0) is 41.6 Å². The number of benzene rings is 1. The molecule has 1 aromatic heterocycles. The molecule has 0 unspecified atom stereocenters. The number of nitrogens with zero attached hydrogens (tertiary/aromatic N) is 1. The van der Waals surface area contributed by atoms with E-state index in [2.05, 4.69) is 27.7 Å². The smallest absolute Gasteiger partial charge is 0.134 e.